The normalized spacial score (nSPS) is 10.4. The Balaban J connectivity index is 2.34. The van der Waals surface area contributed by atoms with Crippen LogP contribution in [0.2, 0.25) is 15.1 Å². The SMILES string of the molecule is Nc1ccc(Oc2cc(Cl)c(Cl)cc2Cl)nc1N. The second kappa shape index (κ2) is 5.10. The van der Waals surface area contributed by atoms with Crippen LogP contribution in [-0.4, -0.2) is 4.98 Å². The number of nitrogens with two attached hydrogens (primary N) is 2. The minimum Gasteiger partial charge on any atom is -0.437 e. The summed E-state index contributed by atoms with van der Waals surface area (Å²) in [7, 11) is 0. The highest BCUT2D eigenvalue weighted by Gasteiger charge is 2.09. The molecular weight excluding hydrogens is 296 g/mol. The van der Waals surface area contributed by atoms with Crippen LogP contribution in [0.3, 0.4) is 0 Å². The van der Waals surface area contributed by atoms with Gasteiger partial charge < -0.3 is 16.2 Å². The maximum Gasteiger partial charge on any atom is 0.221 e. The second-order valence-corrected chi connectivity index (χ2v) is 4.64. The van der Waals surface area contributed by atoms with Crippen molar-refractivity contribution in [2.24, 2.45) is 0 Å². The third-order valence-corrected chi connectivity index (χ3v) is 3.14. The van der Waals surface area contributed by atoms with Gasteiger partial charge in [-0.05, 0) is 12.1 Å². The molecule has 0 radical (unpaired) electrons. The van der Waals surface area contributed by atoms with Gasteiger partial charge in [-0.1, -0.05) is 34.8 Å². The summed E-state index contributed by atoms with van der Waals surface area (Å²) in [5.41, 5.74) is 11.5. The molecule has 7 heteroatoms. The zero-order valence-corrected chi connectivity index (χ0v) is 11.2. The lowest BCUT2D eigenvalue weighted by atomic mass is 10.3. The van der Waals surface area contributed by atoms with Crippen LogP contribution in [0.5, 0.6) is 11.6 Å². The van der Waals surface area contributed by atoms with Crippen molar-refractivity contribution in [2.75, 3.05) is 11.5 Å². The summed E-state index contributed by atoms with van der Waals surface area (Å²) in [5, 5.41) is 1.000. The molecule has 4 N–H and O–H groups in total. The van der Waals surface area contributed by atoms with Crippen molar-refractivity contribution in [1.29, 1.82) is 0 Å². The van der Waals surface area contributed by atoms with Gasteiger partial charge in [0.15, 0.2) is 5.82 Å². The van der Waals surface area contributed by atoms with Gasteiger partial charge in [-0.3, -0.25) is 0 Å². The molecule has 18 heavy (non-hydrogen) atoms. The van der Waals surface area contributed by atoms with Crippen LogP contribution in [0, 0.1) is 0 Å². The number of hydrogen-bond acceptors (Lipinski definition) is 4. The van der Waals surface area contributed by atoms with E-state index in [4.69, 9.17) is 51.0 Å². The molecule has 0 amide bonds. The van der Waals surface area contributed by atoms with Gasteiger partial charge >= 0.3 is 0 Å². The van der Waals surface area contributed by atoms with Gasteiger partial charge in [-0.15, -0.1) is 0 Å². The number of rotatable bonds is 2. The number of anilines is 2. The number of halogens is 3. The van der Waals surface area contributed by atoms with Crippen LogP contribution in [0.4, 0.5) is 11.5 Å². The zero-order valence-electron chi connectivity index (χ0n) is 8.95. The van der Waals surface area contributed by atoms with Gasteiger partial charge in [0.1, 0.15) is 5.75 Å². The van der Waals surface area contributed by atoms with Gasteiger partial charge in [0, 0.05) is 12.1 Å². The van der Waals surface area contributed by atoms with Crippen molar-refractivity contribution in [3.8, 4) is 11.6 Å². The molecule has 0 saturated carbocycles. The van der Waals surface area contributed by atoms with E-state index in [0.717, 1.165) is 0 Å². The summed E-state index contributed by atoms with van der Waals surface area (Å²) in [5.74, 6) is 0.786. The Kier molecular flexibility index (Phi) is 3.71. The van der Waals surface area contributed by atoms with Crippen LogP contribution in [0.1, 0.15) is 0 Å². The number of pyridine rings is 1. The molecule has 4 nitrogen and oxygen atoms in total. The summed E-state index contributed by atoms with van der Waals surface area (Å²) in [6.45, 7) is 0. The fourth-order valence-corrected chi connectivity index (χ4v) is 1.79. The molecule has 0 aliphatic carbocycles. The number of nitrogens with zero attached hydrogens (tertiary/aromatic N) is 1. The van der Waals surface area contributed by atoms with Gasteiger partial charge in [0.05, 0.1) is 20.8 Å². The number of hydrogen-bond donors (Lipinski definition) is 2. The number of ether oxygens (including phenoxy) is 1. The van der Waals surface area contributed by atoms with Crippen LogP contribution >= 0.6 is 34.8 Å². The molecule has 94 valence electrons. The van der Waals surface area contributed by atoms with Crippen molar-refractivity contribution >= 4 is 46.3 Å². The Morgan fingerprint density at radius 1 is 0.944 bits per heavy atom. The van der Waals surface area contributed by atoms with Crippen LogP contribution in [0.25, 0.3) is 0 Å². The first-order valence-electron chi connectivity index (χ1n) is 4.82. The lowest BCUT2D eigenvalue weighted by Crippen LogP contribution is -1.99. The molecule has 0 unspecified atom stereocenters. The van der Waals surface area contributed by atoms with Crippen molar-refractivity contribution in [3.05, 3.63) is 39.3 Å². The Morgan fingerprint density at radius 3 is 2.28 bits per heavy atom. The minimum absolute atomic E-state index is 0.184. The van der Waals surface area contributed by atoms with Crippen LogP contribution < -0.4 is 16.2 Å². The molecule has 1 aromatic carbocycles. The highest BCUT2D eigenvalue weighted by atomic mass is 35.5. The molecule has 0 aliphatic rings. The molecule has 2 rings (SSSR count). The molecule has 0 fully saturated rings. The minimum atomic E-state index is 0.184. The maximum atomic E-state index is 5.97. The first-order chi connectivity index (χ1) is 8.47. The first-order valence-corrected chi connectivity index (χ1v) is 5.95. The molecule has 1 heterocycles. The summed E-state index contributed by atoms with van der Waals surface area (Å²) >= 11 is 17.7. The van der Waals surface area contributed by atoms with Crippen molar-refractivity contribution in [1.82, 2.24) is 4.98 Å². The van der Waals surface area contributed by atoms with Crippen molar-refractivity contribution in [3.63, 3.8) is 0 Å². The largest absolute Gasteiger partial charge is 0.437 e. The van der Waals surface area contributed by atoms with Crippen molar-refractivity contribution in [2.45, 2.75) is 0 Å². The molecule has 1 aromatic heterocycles. The topological polar surface area (TPSA) is 74.2 Å². The summed E-state index contributed by atoms with van der Waals surface area (Å²) in [4.78, 5) is 3.96. The summed E-state index contributed by atoms with van der Waals surface area (Å²) < 4.78 is 5.46. The Hall–Kier alpha value is -1.36. The second-order valence-electron chi connectivity index (χ2n) is 3.42. The highest BCUT2D eigenvalue weighted by Crippen LogP contribution is 2.36. The third-order valence-electron chi connectivity index (χ3n) is 2.12. The smallest absolute Gasteiger partial charge is 0.221 e. The number of benzene rings is 1. The summed E-state index contributed by atoms with van der Waals surface area (Å²) in [6, 6.07) is 6.15. The maximum absolute atomic E-state index is 5.97. The quantitative estimate of drug-likeness (QED) is 0.822. The van der Waals surface area contributed by atoms with Gasteiger partial charge in [-0.2, -0.15) is 4.98 Å². The van der Waals surface area contributed by atoms with Crippen molar-refractivity contribution < 1.29 is 4.74 Å². The van der Waals surface area contributed by atoms with E-state index in [2.05, 4.69) is 4.98 Å². The average Bonchev–Trinajstić information content (AvgIpc) is 2.31. The van der Waals surface area contributed by atoms with E-state index < -0.39 is 0 Å². The Labute approximate surface area is 118 Å². The molecule has 0 atom stereocenters. The van der Waals surface area contributed by atoms with E-state index in [1.807, 2.05) is 0 Å². The zero-order chi connectivity index (χ0) is 13.3. The molecule has 2 aromatic rings. The first kappa shape index (κ1) is 13.1. The number of nitrogen functional groups attached to an aromatic ring is 2. The highest BCUT2D eigenvalue weighted by molar-refractivity contribution is 6.43. The molecule has 0 saturated heterocycles. The fourth-order valence-electron chi connectivity index (χ4n) is 1.22. The summed E-state index contributed by atoms with van der Waals surface area (Å²) in [6.07, 6.45) is 0. The van der Waals surface area contributed by atoms with Gasteiger partial charge in [0.25, 0.3) is 0 Å². The lowest BCUT2D eigenvalue weighted by Gasteiger charge is -2.09. The van der Waals surface area contributed by atoms with E-state index >= 15 is 0 Å². The van der Waals surface area contributed by atoms with Gasteiger partial charge in [0.2, 0.25) is 5.88 Å². The Bertz CT molecular complexity index is 604. The van der Waals surface area contributed by atoms with E-state index in [-0.39, 0.29) is 11.7 Å². The van der Waals surface area contributed by atoms with E-state index in [0.29, 0.717) is 26.5 Å². The molecule has 0 spiro atoms. The number of aromatic nitrogens is 1. The average molecular weight is 305 g/mol. The van der Waals surface area contributed by atoms with Crippen LogP contribution in [0.15, 0.2) is 24.3 Å². The van der Waals surface area contributed by atoms with E-state index in [1.165, 1.54) is 12.1 Å². The van der Waals surface area contributed by atoms with Crippen LogP contribution in [-0.2, 0) is 0 Å². The van der Waals surface area contributed by atoms with E-state index in [1.54, 1.807) is 12.1 Å². The standard InChI is InChI=1S/C11H8Cl3N3O/c12-5-3-7(14)9(4-6(5)13)18-10-2-1-8(15)11(16)17-10/h1-4H,15H2,(H2,16,17). The molecular formula is C11H8Cl3N3O. The predicted octanol–water partition coefficient (Wildman–Crippen LogP) is 4.00. The fraction of sp³-hybridized carbons (Fsp3) is 0. The monoisotopic (exact) mass is 303 g/mol. The van der Waals surface area contributed by atoms with Gasteiger partial charge in [-0.25, -0.2) is 0 Å². The van der Waals surface area contributed by atoms with E-state index in [9.17, 15) is 0 Å². The third kappa shape index (κ3) is 2.72. The molecule has 0 bridgehead atoms. The molecule has 0 aliphatic heterocycles. The lowest BCUT2D eigenvalue weighted by molar-refractivity contribution is 0.464. The Morgan fingerprint density at radius 2 is 1.61 bits per heavy atom. The predicted molar refractivity (Wildman–Crippen MR) is 74.6 cm³/mol.